The first-order valence-electron chi connectivity index (χ1n) is 7.08. The summed E-state index contributed by atoms with van der Waals surface area (Å²) in [6.07, 6.45) is 1.03. The van der Waals surface area contributed by atoms with Crippen LogP contribution in [-0.4, -0.2) is 24.2 Å². The molecule has 1 atom stereocenters. The lowest BCUT2D eigenvalue weighted by Crippen LogP contribution is -2.22. The van der Waals surface area contributed by atoms with Crippen molar-refractivity contribution < 1.29 is 9.90 Å². The van der Waals surface area contributed by atoms with Gasteiger partial charge in [0.2, 0.25) is 0 Å². The molecule has 0 amide bonds. The molecule has 21 heavy (non-hydrogen) atoms. The van der Waals surface area contributed by atoms with Gasteiger partial charge >= 0.3 is 5.97 Å². The lowest BCUT2D eigenvalue weighted by Gasteiger charge is -2.21. The van der Waals surface area contributed by atoms with Crippen molar-refractivity contribution in [2.45, 2.75) is 12.3 Å². The third-order valence-corrected chi connectivity index (χ3v) is 4.05. The molecule has 3 N–H and O–H groups in total. The summed E-state index contributed by atoms with van der Waals surface area (Å²) < 4.78 is 0. The van der Waals surface area contributed by atoms with Crippen molar-refractivity contribution in [3.05, 3.63) is 59.7 Å². The SMILES string of the molecule is Nc1ccc(C(=O)O)c(N2CCC(c3ccccc3)C2)c1. The Bertz CT molecular complexity index is 655. The summed E-state index contributed by atoms with van der Waals surface area (Å²) in [6.45, 7) is 1.68. The molecule has 3 rings (SSSR count). The van der Waals surface area contributed by atoms with Gasteiger partial charge in [0.05, 0.1) is 11.3 Å². The number of nitrogens with zero attached hydrogens (tertiary/aromatic N) is 1. The van der Waals surface area contributed by atoms with Crippen LogP contribution in [0.2, 0.25) is 0 Å². The topological polar surface area (TPSA) is 66.6 Å². The molecule has 4 heteroatoms. The summed E-state index contributed by atoms with van der Waals surface area (Å²) in [4.78, 5) is 13.5. The smallest absolute Gasteiger partial charge is 0.337 e. The highest BCUT2D eigenvalue weighted by molar-refractivity contribution is 5.95. The van der Waals surface area contributed by atoms with E-state index in [0.29, 0.717) is 17.2 Å². The summed E-state index contributed by atoms with van der Waals surface area (Å²) >= 11 is 0. The number of rotatable bonds is 3. The van der Waals surface area contributed by atoms with E-state index in [2.05, 4.69) is 17.0 Å². The number of hydrogen-bond acceptors (Lipinski definition) is 3. The van der Waals surface area contributed by atoms with Gasteiger partial charge < -0.3 is 15.7 Å². The molecule has 0 bridgehead atoms. The molecule has 1 saturated heterocycles. The Morgan fingerprint density at radius 3 is 2.67 bits per heavy atom. The summed E-state index contributed by atoms with van der Waals surface area (Å²) in [5.74, 6) is -0.470. The zero-order valence-corrected chi connectivity index (χ0v) is 11.7. The number of nitrogen functional groups attached to an aromatic ring is 1. The van der Waals surface area contributed by atoms with Crippen molar-refractivity contribution in [1.82, 2.24) is 0 Å². The number of aromatic carboxylic acids is 1. The molecule has 1 heterocycles. The normalized spacial score (nSPS) is 17.9. The summed E-state index contributed by atoms with van der Waals surface area (Å²) in [6, 6.07) is 15.3. The van der Waals surface area contributed by atoms with Gasteiger partial charge in [-0.25, -0.2) is 4.79 Å². The third-order valence-electron chi connectivity index (χ3n) is 4.05. The Morgan fingerprint density at radius 1 is 1.19 bits per heavy atom. The van der Waals surface area contributed by atoms with E-state index < -0.39 is 5.97 Å². The molecule has 1 fully saturated rings. The number of anilines is 2. The van der Waals surface area contributed by atoms with Crippen LogP contribution >= 0.6 is 0 Å². The zero-order valence-electron chi connectivity index (χ0n) is 11.7. The minimum atomic E-state index is -0.909. The summed E-state index contributed by atoms with van der Waals surface area (Å²) in [5.41, 5.74) is 8.76. The Hall–Kier alpha value is -2.49. The number of carbonyl (C=O) groups is 1. The maximum Gasteiger partial charge on any atom is 0.337 e. The number of carboxylic acid groups (broad SMARTS) is 1. The van der Waals surface area contributed by atoms with Crippen molar-refractivity contribution in [2.24, 2.45) is 0 Å². The second-order valence-corrected chi connectivity index (χ2v) is 5.42. The molecule has 2 aromatic rings. The molecule has 1 unspecified atom stereocenters. The zero-order chi connectivity index (χ0) is 14.8. The highest BCUT2D eigenvalue weighted by Gasteiger charge is 2.26. The fraction of sp³-hybridized carbons (Fsp3) is 0.235. The molecule has 0 spiro atoms. The first-order valence-corrected chi connectivity index (χ1v) is 7.08. The quantitative estimate of drug-likeness (QED) is 0.849. The highest BCUT2D eigenvalue weighted by Crippen LogP contribution is 2.33. The number of benzene rings is 2. The minimum Gasteiger partial charge on any atom is -0.478 e. The van der Waals surface area contributed by atoms with Gasteiger partial charge in [-0.1, -0.05) is 30.3 Å². The van der Waals surface area contributed by atoms with Crippen LogP contribution in [0, 0.1) is 0 Å². The summed E-state index contributed by atoms with van der Waals surface area (Å²) in [7, 11) is 0. The van der Waals surface area contributed by atoms with Gasteiger partial charge in [0, 0.05) is 24.7 Å². The fourth-order valence-electron chi connectivity index (χ4n) is 2.97. The van der Waals surface area contributed by atoms with Crippen LogP contribution in [0.5, 0.6) is 0 Å². The monoisotopic (exact) mass is 282 g/mol. The van der Waals surface area contributed by atoms with Crippen molar-refractivity contribution >= 4 is 17.3 Å². The average Bonchev–Trinajstić information content (AvgIpc) is 2.97. The molecule has 1 aliphatic heterocycles. The van der Waals surface area contributed by atoms with E-state index in [9.17, 15) is 9.90 Å². The van der Waals surface area contributed by atoms with Gasteiger partial charge in [0.15, 0.2) is 0 Å². The Balaban J connectivity index is 1.86. The molecule has 0 aliphatic carbocycles. The third kappa shape index (κ3) is 2.70. The van der Waals surface area contributed by atoms with Crippen LogP contribution in [0.3, 0.4) is 0 Å². The Labute approximate surface area is 123 Å². The van der Waals surface area contributed by atoms with E-state index in [1.807, 2.05) is 18.2 Å². The van der Waals surface area contributed by atoms with Gasteiger partial charge in [-0.05, 0) is 30.2 Å². The van der Waals surface area contributed by atoms with E-state index in [0.717, 1.165) is 25.2 Å². The van der Waals surface area contributed by atoms with Crippen molar-refractivity contribution in [2.75, 3.05) is 23.7 Å². The van der Waals surface area contributed by atoms with Crippen LogP contribution in [0.25, 0.3) is 0 Å². The van der Waals surface area contributed by atoms with Crippen LogP contribution in [0.1, 0.15) is 28.3 Å². The van der Waals surface area contributed by atoms with Crippen LogP contribution in [0.15, 0.2) is 48.5 Å². The van der Waals surface area contributed by atoms with Gasteiger partial charge in [-0.3, -0.25) is 0 Å². The van der Waals surface area contributed by atoms with Crippen LogP contribution < -0.4 is 10.6 Å². The lowest BCUT2D eigenvalue weighted by atomic mass is 9.99. The largest absolute Gasteiger partial charge is 0.478 e. The van der Waals surface area contributed by atoms with Gasteiger partial charge in [-0.15, -0.1) is 0 Å². The maximum atomic E-state index is 11.4. The van der Waals surface area contributed by atoms with E-state index in [-0.39, 0.29) is 0 Å². The predicted molar refractivity (Wildman–Crippen MR) is 83.8 cm³/mol. The second-order valence-electron chi connectivity index (χ2n) is 5.42. The Kier molecular flexibility index (Phi) is 3.52. The van der Waals surface area contributed by atoms with E-state index in [1.54, 1.807) is 18.2 Å². The molecule has 4 nitrogen and oxygen atoms in total. The number of hydrogen-bond donors (Lipinski definition) is 2. The van der Waals surface area contributed by atoms with Crippen LogP contribution in [-0.2, 0) is 0 Å². The molecule has 2 aromatic carbocycles. The maximum absolute atomic E-state index is 11.4. The van der Waals surface area contributed by atoms with Crippen molar-refractivity contribution in [3.8, 4) is 0 Å². The highest BCUT2D eigenvalue weighted by atomic mass is 16.4. The first-order chi connectivity index (χ1) is 10.1. The standard InChI is InChI=1S/C17H18N2O2/c18-14-6-7-15(17(20)21)16(10-14)19-9-8-13(11-19)12-4-2-1-3-5-12/h1-7,10,13H,8-9,11,18H2,(H,20,21). The molecule has 0 saturated carbocycles. The minimum absolute atomic E-state index is 0.318. The number of nitrogens with two attached hydrogens (primary N) is 1. The molecular formula is C17H18N2O2. The van der Waals surface area contributed by atoms with E-state index >= 15 is 0 Å². The van der Waals surface area contributed by atoms with Gasteiger partial charge in [0.25, 0.3) is 0 Å². The molecular weight excluding hydrogens is 264 g/mol. The predicted octanol–water partition coefficient (Wildman–Crippen LogP) is 2.96. The van der Waals surface area contributed by atoms with Crippen molar-refractivity contribution in [3.63, 3.8) is 0 Å². The van der Waals surface area contributed by atoms with Crippen LogP contribution in [0.4, 0.5) is 11.4 Å². The van der Waals surface area contributed by atoms with E-state index in [1.165, 1.54) is 5.56 Å². The lowest BCUT2D eigenvalue weighted by molar-refractivity contribution is 0.0697. The summed E-state index contributed by atoms with van der Waals surface area (Å²) in [5, 5.41) is 9.33. The molecule has 0 aromatic heterocycles. The van der Waals surface area contributed by atoms with Gasteiger partial charge in [-0.2, -0.15) is 0 Å². The fourth-order valence-corrected chi connectivity index (χ4v) is 2.97. The number of carboxylic acids is 1. The molecule has 0 radical (unpaired) electrons. The first kappa shape index (κ1) is 13.5. The van der Waals surface area contributed by atoms with E-state index in [4.69, 9.17) is 5.73 Å². The second kappa shape index (κ2) is 5.48. The Morgan fingerprint density at radius 2 is 1.95 bits per heavy atom. The molecule has 108 valence electrons. The van der Waals surface area contributed by atoms with Gasteiger partial charge in [0.1, 0.15) is 0 Å². The average molecular weight is 282 g/mol. The molecule has 1 aliphatic rings. The van der Waals surface area contributed by atoms with Crippen molar-refractivity contribution in [1.29, 1.82) is 0 Å².